The molecule has 5 heterocycles. The van der Waals surface area contributed by atoms with Crippen LogP contribution in [-0.4, -0.2) is 235 Å². The highest BCUT2D eigenvalue weighted by Gasteiger charge is 2.79. The van der Waals surface area contributed by atoms with Crippen molar-refractivity contribution in [2.75, 3.05) is 91.6 Å². The van der Waals surface area contributed by atoms with Gasteiger partial charge in [-0.05, 0) is 130 Å². The Bertz CT molecular complexity index is 5310. The van der Waals surface area contributed by atoms with Gasteiger partial charge in [-0.25, -0.2) is 21.6 Å². The number of para-hydroxylation sites is 1. The first-order chi connectivity index (χ1) is 66.3. The average Bonchev–Trinajstić information content (AvgIpc) is 1.42. The van der Waals surface area contributed by atoms with E-state index in [4.69, 9.17) is 14.2 Å². The maximum absolute atomic E-state index is 14.2. The molecule has 774 valence electrons. The molecule has 1 amide bonds. The van der Waals surface area contributed by atoms with E-state index in [1.165, 1.54) is 96.1 Å². The van der Waals surface area contributed by atoms with E-state index in [0.717, 1.165) is 68.6 Å². The second-order valence-corrected chi connectivity index (χ2v) is 42.1. The van der Waals surface area contributed by atoms with Gasteiger partial charge in [-0.15, -0.1) is 0 Å². The molecule has 0 aliphatic carbocycles. The average molecular weight is 2100 g/mol. The lowest BCUT2D eigenvalue weighted by Gasteiger charge is -2.40. The van der Waals surface area contributed by atoms with E-state index in [2.05, 4.69) is 246 Å². The highest BCUT2D eigenvalue weighted by molar-refractivity contribution is 7.97. The molecule has 1 atom stereocenters. The summed E-state index contributed by atoms with van der Waals surface area (Å²) >= 11 is 0. The zero-order valence-corrected chi connectivity index (χ0v) is 81.8. The standard InChI is InChI=1S/C18H35NO3.2C18H15S.C14H11N.C13H14F9N3O7S2.C11H21NO3.C5H4F7NO3S/c1-2-3-4-5-6-7-8-9-10-11-18(20)22-17-14-19-12-15-21-16-13-19;2*1-4-10-16(11-5-1)19(17-12-6-2-7-13-17)18-14-8-3-9-15-18;1-2-6-11(7-3-1)14-10-12-8-4-5-9-13(12)15-14;14-10(15,9(27)23-33(28,29)13(20,21)22)11(16,17)12(18,19)34(30,31)25-4-2-24(3-5-25)7-1-6-32-8(7)26;1-4-11(2,3)15-10(14)12-7-5-9(13)6-8-12;1-17(15,16)13-2(14)3(6,7)4(8,9)5(10,11)12/h2-17H2,1H3;2*1-15H;1-9H,10H2;7H,1-6H2,(H,23,27);9,13H,4-8H2,1-3H3;1H3,(H,13,14)/q;2*+1;;;;/p-2. The zero-order valence-electron chi connectivity index (χ0n) is 77.8. The molecule has 44 heteroatoms. The number of morpholine rings is 1. The van der Waals surface area contributed by atoms with Crippen LogP contribution >= 0.6 is 0 Å². The monoisotopic (exact) mass is 2100 g/mol. The van der Waals surface area contributed by atoms with Crippen LogP contribution in [0.1, 0.15) is 129 Å². The van der Waals surface area contributed by atoms with E-state index >= 15 is 0 Å². The van der Waals surface area contributed by atoms with Gasteiger partial charge in [-0.3, -0.25) is 24.4 Å². The van der Waals surface area contributed by atoms with Gasteiger partial charge in [0.1, 0.15) is 18.2 Å². The first kappa shape index (κ1) is 118. The van der Waals surface area contributed by atoms with Crippen LogP contribution in [0.15, 0.2) is 280 Å². The van der Waals surface area contributed by atoms with Crippen LogP contribution in [0.25, 0.3) is 0 Å². The summed E-state index contributed by atoms with van der Waals surface area (Å²) in [6.07, 6.45) is 8.14. The van der Waals surface area contributed by atoms with Crippen molar-refractivity contribution in [2.45, 2.75) is 212 Å². The molecule has 0 radical (unpaired) electrons. The Hall–Kier alpha value is -10.2. The maximum atomic E-state index is 14.2. The van der Waals surface area contributed by atoms with Gasteiger partial charge in [0.05, 0.1) is 77.2 Å². The quantitative estimate of drug-likeness (QED) is 0.00779. The van der Waals surface area contributed by atoms with Gasteiger partial charge in [-0.1, -0.05) is 223 Å². The van der Waals surface area contributed by atoms with Crippen LogP contribution in [0.3, 0.4) is 0 Å². The molecule has 1 unspecified atom stereocenters. The van der Waals surface area contributed by atoms with Crippen molar-refractivity contribution < 1.29 is 144 Å². The van der Waals surface area contributed by atoms with Crippen molar-refractivity contribution in [3.63, 3.8) is 0 Å². The van der Waals surface area contributed by atoms with Crippen molar-refractivity contribution in [1.82, 2.24) is 19.0 Å². The molecule has 5 aliphatic heterocycles. The fourth-order valence-electron chi connectivity index (χ4n) is 13.7. The van der Waals surface area contributed by atoms with Crippen LogP contribution in [0.5, 0.6) is 0 Å². The number of carbonyl (C=O) groups excluding carboxylic acids is 3. The summed E-state index contributed by atoms with van der Waals surface area (Å²) in [6, 6.07) is 82.1. The van der Waals surface area contributed by atoms with Crippen LogP contribution in [0.2, 0.25) is 0 Å². The largest absolute Gasteiger partial charge is 0.857 e. The molecule has 8 aromatic carbocycles. The molecule has 0 saturated carbocycles. The van der Waals surface area contributed by atoms with Crippen molar-refractivity contribution in [2.24, 2.45) is 13.8 Å². The molecule has 0 spiro atoms. The molecule has 4 fully saturated rings. The second kappa shape index (κ2) is 54.5. The highest BCUT2D eigenvalue weighted by atomic mass is 32.2. The number of ether oxygens (including phenoxy) is 4. The lowest BCUT2D eigenvalue weighted by molar-refractivity contribution is -0.357. The number of aliphatic hydroxyl groups is 1. The summed E-state index contributed by atoms with van der Waals surface area (Å²) in [4.78, 5) is 52.9. The zero-order chi connectivity index (χ0) is 104. The number of rotatable bonds is 32. The minimum atomic E-state index is -7.23. The Morgan fingerprint density at radius 3 is 1.29 bits per heavy atom. The summed E-state index contributed by atoms with van der Waals surface area (Å²) in [5.74, 6) is -35.5. The fraction of sp³-hybridized carbons (Fsp3) is 0.443. The highest BCUT2D eigenvalue weighted by Crippen LogP contribution is 2.51. The van der Waals surface area contributed by atoms with Gasteiger partial charge >= 0.3 is 68.7 Å². The van der Waals surface area contributed by atoms with Crippen LogP contribution in [0.4, 0.5) is 80.7 Å². The summed E-state index contributed by atoms with van der Waals surface area (Å²) in [6.45, 7) is 11.1. The number of fused-ring (bicyclic) bond motifs is 1. The Morgan fingerprint density at radius 1 is 0.504 bits per heavy atom. The van der Waals surface area contributed by atoms with Crippen molar-refractivity contribution in [3.8, 4) is 0 Å². The number of halogens is 16. The predicted octanol–water partition coefficient (Wildman–Crippen LogP) is 18.7. The predicted molar refractivity (Wildman–Crippen MR) is 500 cm³/mol. The van der Waals surface area contributed by atoms with Gasteiger partial charge in [-0.2, -0.15) is 91.8 Å². The number of hydrogen-bond donors (Lipinski definition) is 1. The van der Waals surface area contributed by atoms with Crippen molar-refractivity contribution in [1.29, 1.82) is 0 Å². The van der Waals surface area contributed by atoms with Gasteiger partial charge < -0.3 is 39.2 Å². The number of hydrogen-bond acceptors (Lipinski definition) is 19. The number of nitrogens with zero attached hydrogens (tertiary/aromatic N) is 7. The Labute approximate surface area is 816 Å². The molecule has 13 rings (SSSR count). The van der Waals surface area contributed by atoms with Crippen molar-refractivity contribution in [3.05, 3.63) is 248 Å². The summed E-state index contributed by atoms with van der Waals surface area (Å²) in [5.41, 5.74) is -2.06. The maximum Gasteiger partial charge on any atom is 0.518 e. The summed E-state index contributed by atoms with van der Waals surface area (Å²) < 4.78 is 293. The molecule has 0 aromatic heterocycles. The molecule has 141 heavy (non-hydrogen) atoms. The number of amides is 1. The van der Waals surface area contributed by atoms with E-state index in [-0.39, 0.29) is 63.5 Å². The van der Waals surface area contributed by atoms with Gasteiger partial charge in [0.2, 0.25) is 10.0 Å². The number of likely N-dealkylation sites (tertiary alicyclic amines) is 1. The number of benzene rings is 8. The van der Waals surface area contributed by atoms with Gasteiger partial charge in [0.15, 0.2) is 29.4 Å². The first-order valence-electron chi connectivity index (χ1n) is 44.9. The first-order valence-corrected chi connectivity index (χ1v) is 52.1. The smallest absolute Gasteiger partial charge is 0.518 e. The minimum absolute atomic E-state index is 0.00449. The Morgan fingerprint density at radius 2 is 0.901 bits per heavy atom. The number of piperidine rings is 1. The van der Waals surface area contributed by atoms with Gasteiger partial charge in [0.25, 0.3) is 10.0 Å². The second-order valence-electron chi connectivity index (χ2n) is 32.8. The van der Waals surface area contributed by atoms with E-state index in [0.29, 0.717) is 39.0 Å². The minimum Gasteiger partial charge on any atom is -0.857 e. The van der Waals surface area contributed by atoms with Crippen LogP contribution in [-0.2, 0) is 86.8 Å². The van der Waals surface area contributed by atoms with E-state index in [1.54, 1.807) is 9.30 Å². The molecule has 0 bridgehead atoms. The SMILES string of the molecule is CCC(C)(C)OC(=O)N1CCC(O)CC1.CCCCCCCCCCCC(=O)OCCN1CCOCC1.CS(=O)(=O)N=C([O-])C(F)(F)C(F)(F)C(F)(F)F.O=C1OCCC1N1CCN(S(=O)(=O)C(F)(F)C(F)(F)C(F)(F)C([O-])=NS(=O)(=O)C(F)(F)F)CC1.c1ccc(C2=Nc3ccccc3C2)cc1.c1ccc([S+](c2ccccc2)c2ccccc2)cc1.c1ccc([S+](c2ccccc2)c2ccccc2)cc1. The number of carbonyl (C=O) groups is 3. The summed E-state index contributed by atoms with van der Waals surface area (Å²) in [5, 5.41) is 23.9. The van der Waals surface area contributed by atoms with Crippen LogP contribution in [0, 0.1) is 0 Å². The Kier molecular flexibility index (Phi) is 45.5. The third kappa shape index (κ3) is 35.1. The molecule has 1 N–H and O–H groups in total. The number of esters is 2. The fourth-order valence-corrected chi connectivity index (χ4v) is 20.2. The number of aliphatic imine (C=N–C) groups is 1. The number of piperazine rings is 1. The lowest BCUT2D eigenvalue weighted by atomic mass is 10.0. The third-order valence-corrected chi connectivity index (χ3v) is 29.8. The number of sulfonamides is 3. The molecule has 5 aliphatic rings. The number of cyclic esters (lactones) is 1. The number of unbranched alkanes of at least 4 members (excludes halogenated alkanes) is 8. The van der Waals surface area contributed by atoms with Crippen LogP contribution < -0.4 is 10.2 Å². The molecule has 4 saturated heterocycles. The Balaban J connectivity index is 0.000000228. The van der Waals surface area contributed by atoms with E-state index < -0.39 is 126 Å². The van der Waals surface area contributed by atoms with E-state index in [1.807, 2.05) is 32.9 Å². The lowest BCUT2D eigenvalue weighted by Crippen LogP contribution is -2.66. The molecular weight excluding hydrogens is 1980 g/mol. The normalized spacial score (nSPS) is 16.3. The number of alkyl halides is 16. The third-order valence-electron chi connectivity index (χ3n) is 21.9. The topological polar surface area (TPSA) is 307 Å². The summed E-state index contributed by atoms with van der Waals surface area (Å²) in [7, 11) is -18.7. The number of aliphatic hydroxyl groups excluding tert-OH is 1. The van der Waals surface area contributed by atoms with E-state index in [9.17, 15) is 125 Å². The van der Waals surface area contributed by atoms with Crippen molar-refractivity contribution >= 4 is 93.1 Å². The molecule has 8 aromatic rings. The van der Waals surface area contributed by atoms with Gasteiger partial charge in [0, 0.05) is 78.2 Å². The molecule has 23 nitrogen and oxygen atoms in total. The molecular formula is C97H113F16N7O16S5.